The van der Waals surface area contributed by atoms with Crippen molar-refractivity contribution in [2.45, 2.75) is 76.5 Å². The van der Waals surface area contributed by atoms with Gasteiger partial charge in [-0.3, -0.25) is 19.2 Å². The molecule has 0 unspecified atom stereocenters. The first kappa shape index (κ1) is 37.6. The van der Waals surface area contributed by atoms with Crippen LogP contribution in [0.15, 0.2) is 60.7 Å². The Balaban J connectivity index is 1.77. The van der Waals surface area contributed by atoms with Gasteiger partial charge in [-0.2, -0.15) is 0 Å². The number of nitrogens with one attached hydrogen (secondary N) is 3. The second-order valence-electron chi connectivity index (χ2n) is 12.6. The van der Waals surface area contributed by atoms with Gasteiger partial charge in [0.2, 0.25) is 23.6 Å². The van der Waals surface area contributed by atoms with Crippen LogP contribution in [0.25, 0.3) is 0 Å². The third-order valence-corrected chi connectivity index (χ3v) is 9.72. The van der Waals surface area contributed by atoms with Crippen LogP contribution < -0.4 is 27.4 Å². The van der Waals surface area contributed by atoms with Gasteiger partial charge in [0, 0.05) is 19.5 Å². The first-order chi connectivity index (χ1) is 22.4. The van der Waals surface area contributed by atoms with Crippen molar-refractivity contribution in [1.82, 2.24) is 20.9 Å². The number of benzene rings is 2. The second kappa shape index (κ2) is 18.5. The molecule has 7 N–H and O–H groups in total. The Morgan fingerprint density at radius 1 is 0.745 bits per heavy atom. The summed E-state index contributed by atoms with van der Waals surface area (Å²) >= 11 is 0. The number of sulfone groups is 1. The molecule has 0 spiro atoms. The van der Waals surface area contributed by atoms with E-state index < -0.39 is 51.7 Å². The van der Waals surface area contributed by atoms with Crippen molar-refractivity contribution < 1.29 is 27.6 Å². The minimum absolute atomic E-state index is 0.00574. The zero-order valence-corrected chi connectivity index (χ0v) is 28.2. The highest BCUT2D eigenvalue weighted by Gasteiger charge is 2.34. The number of carbonyl (C=O) groups is 4. The van der Waals surface area contributed by atoms with E-state index in [2.05, 4.69) is 16.0 Å². The fourth-order valence-corrected chi connectivity index (χ4v) is 6.65. The molecule has 2 aromatic carbocycles. The van der Waals surface area contributed by atoms with Gasteiger partial charge in [-0.1, -0.05) is 74.5 Å². The van der Waals surface area contributed by atoms with Gasteiger partial charge < -0.3 is 32.3 Å². The smallest absolute Gasteiger partial charge is 0.245 e. The number of amides is 4. The third-order valence-electron chi connectivity index (χ3n) is 8.11. The summed E-state index contributed by atoms with van der Waals surface area (Å²) < 4.78 is 23.9. The summed E-state index contributed by atoms with van der Waals surface area (Å²) in [7, 11) is -3.20. The Hall–Kier alpha value is -3.81. The number of carbonyl (C=O) groups excluding carboxylic acids is 4. The van der Waals surface area contributed by atoms with Crippen molar-refractivity contribution in [3.63, 3.8) is 0 Å². The molecule has 2 aromatic rings. The average molecular weight is 671 g/mol. The first-order valence-corrected chi connectivity index (χ1v) is 18.1. The quantitative estimate of drug-likeness (QED) is 0.152. The van der Waals surface area contributed by atoms with E-state index in [-0.39, 0.29) is 55.7 Å². The Labute approximate surface area is 278 Å². The summed E-state index contributed by atoms with van der Waals surface area (Å²) in [4.78, 5) is 55.7. The number of hydrogen-bond donors (Lipinski definition) is 5. The van der Waals surface area contributed by atoms with Crippen molar-refractivity contribution >= 4 is 33.5 Å². The maximum absolute atomic E-state index is 13.8. The molecular formula is C34H50N6O6S. The van der Waals surface area contributed by atoms with Gasteiger partial charge in [-0.25, -0.2) is 8.42 Å². The fourth-order valence-electron chi connectivity index (χ4n) is 5.45. The van der Waals surface area contributed by atoms with Crippen molar-refractivity contribution in [3.8, 4) is 0 Å². The molecule has 12 nitrogen and oxygen atoms in total. The Morgan fingerprint density at radius 2 is 1.26 bits per heavy atom. The van der Waals surface area contributed by atoms with E-state index in [1.165, 1.54) is 4.90 Å². The van der Waals surface area contributed by atoms with Gasteiger partial charge >= 0.3 is 0 Å². The minimum atomic E-state index is -3.20. The molecule has 1 fully saturated rings. The molecule has 1 heterocycles. The molecule has 13 heteroatoms. The van der Waals surface area contributed by atoms with Gasteiger partial charge in [0.1, 0.15) is 18.1 Å². The van der Waals surface area contributed by atoms with Gasteiger partial charge in [0.15, 0.2) is 9.84 Å². The van der Waals surface area contributed by atoms with E-state index in [0.717, 1.165) is 11.1 Å². The molecule has 1 aliphatic rings. The predicted octanol–water partition coefficient (Wildman–Crippen LogP) is 0.686. The summed E-state index contributed by atoms with van der Waals surface area (Å²) in [5.74, 6) is -2.19. The van der Waals surface area contributed by atoms with E-state index in [9.17, 15) is 27.6 Å². The van der Waals surface area contributed by atoms with E-state index in [1.807, 2.05) is 74.5 Å². The molecule has 4 amide bonds. The lowest BCUT2D eigenvalue weighted by molar-refractivity contribution is -0.138. The summed E-state index contributed by atoms with van der Waals surface area (Å²) in [5.41, 5.74) is 13.6. The van der Waals surface area contributed by atoms with E-state index >= 15 is 0 Å². The standard InChI is InChI=1S/C34H50N6O6S/c1-24(2)21-29(32(42)37-28(15-9-10-16-35)34(44)40-17-19-47(45,46)20-18-40)39-33(43)30(23-26-13-7-4-8-14-26)38-31(41)27(36)22-25-11-5-3-6-12-25/h3-8,11-14,24,27-30H,9-10,15-23,35-36H2,1-2H3,(H,37,42)(H,38,41)(H,39,43)/t27-,28-,29-,30-/m1/s1. The van der Waals surface area contributed by atoms with Crippen LogP contribution in [0.2, 0.25) is 0 Å². The molecule has 3 rings (SSSR count). The Morgan fingerprint density at radius 3 is 1.81 bits per heavy atom. The summed E-state index contributed by atoms with van der Waals surface area (Å²) in [6.45, 7) is 4.37. The minimum Gasteiger partial charge on any atom is -0.343 e. The molecule has 0 aliphatic carbocycles. The zero-order valence-electron chi connectivity index (χ0n) is 27.4. The number of unbranched alkanes of at least 4 members (excludes halogenated alkanes) is 1. The third kappa shape index (κ3) is 12.7. The van der Waals surface area contributed by atoms with Crippen LogP contribution in [-0.4, -0.2) is 92.3 Å². The predicted molar refractivity (Wildman–Crippen MR) is 182 cm³/mol. The maximum atomic E-state index is 13.8. The lowest BCUT2D eigenvalue weighted by Crippen LogP contribution is -2.59. The van der Waals surface area contributed by atoms with E-state index in [0.29, 0.717) is 25.8 Å². The van der Waals surface area contributed by atoms with Gasteiger partial charge in [-0.15, -0.1) is 0 Å². The average Bonchev–Trinajstić information content (AvgIpc) is 3.04. The SMILES string of the molecule is CC(C)C[C@@H](NC(=O)[C@@H](Cc1ccccc1)NC(=O)[C@H](N)Cc1ccccc1)C(=O)N[C@H](CCCCN)C(=O)N1CCS(=O)(=O)CC1. The maximum Gasteiger partial charge on any atom is 0.245 e. The van der Waals surface area contributed by atoms with E-state index in [4.69, 9.17) is 11.5 Å². The van der Waals surface area contributed by atoms with Crippen LogP contribution in [0.5, 0.6) is 0 Å². The van der Waals surface area contributed by atoms with Crippen LogP contribution in [0.4, 0.5) is 0 Å². The van der Waals surface area contributed by atoms with Crippen LogP contribution in [0.3, 0.4) is 0 Å². The number of nitrogens with two attached hydrogens (primary N) is 2. The van der Waals surface area contributed by atoms with Crippen LogP contribution in [0, 0.1) is 5.92 Å². The topological polar surface area (TPSA) is 194 Å². The molecule has 258 valence electrons. The lowest BCUT2D eigenvalue weighted by Gasteiger charge is -2.32. The summed E-state index contributed by atoms with van der Waals surface area (Å²) in [6.07, 6.45) is 2.28. The highest BCUT2D eigenvalue weighted by molar-refractivity contribution is 7.91. The fraction of sp³-hybridized carbons (Fsp3) is 0.529. The Kier molecular flexibility index (Phi) is 14.8. The number of nitrogens with zero attached hydrogens (tertiary/aromatic N) is 1. The second-order valence-corrected chi connectivity index (χ2v) is 14.9. The van der Waals surface area contributed by atoms with Crippen LogP contribution in [-0.2, 0) is 41.9 Å². The molecule has 0 radical (unpaired) electrons. The number of hydrogen-bond acceptors (Lipinski definition) is 8. The van der Waals surface area contributed by atoms with E-state index in [1.54, 1.807) is 0 Å². The van der Waals surface area contributed by atoms with Gasteiger partial charge in [-0.05, 0) is 55.7 Å². The highest BCUT2D eigenvalue weighted by atomic mass is 32.2. The molecule has 1 aliphatic heterocycles. The molecule has 0 bridgehead atoms. The van der Waals surface area contributed by atoms with Gasteiger partial charge in [0.25, 0.3) is 0 Å². The molecule has 1 saturated heterocycles. The van der Waals surface area contributed by atoms with Crippen molar-refractivity contribution in [2.24, 2.45) is 17.4 Å². The molecule has 4 atom stereocenters. The molecular weight excluding hydrogens is 620 g/mol. The highest BCUT2D eigenvalue weighted by Crippen LogP contribution is 2.13. The molecule has 0 saturated carbocycles. The van der Waals surface area contributed by atoms with Crippen LogP contribution in [0.1, 0.15) is 50.7 Å². The van der Waals surface area contributed by atoms with Gasteiger partial charge in [0.05, 0.1) is 17.5 Å². The Bertz CT molecular complexity index is 1410. The molecule has 0 aromatic heterocycles. The summed E-state index contributed by atoms with van der Waals surface area (Å²) in [6, 6.07) is 14.7. The zero-order chi connectivity index (χ0) is 34.4. The largest absolute Gasteiger partial charge is 0.343 e. The van der Waals surface area contributed by atoms with Crippen LogP contribution >= 0.6 is 0 Å². The monoisotopic (exact) mass is 670 g/mol. The first-order valence-electron chi connectivity index (χ1n) is 16.3. The van der Waals surface area contributed by atoms with Crippen molar-refractivity contribution in [1.29, 1.82) is 0 Å². The van der Waals surface area contributed by atoms with Crippen molar-refractivity contribution in [2.75, 3.05) is 31.1 Å². The number of rotatable bonds is 17. The van der Waals surface area contributed by atoms with Crippen molar-refractivity contribution in [3.05, 3.63) is 71.8 Å². The normalized spacial score (nSPS) is 16.8. The lowest BCUT2D eigenvalue weighted by atomic mass is 9.99. The molecule has 47 heavy (non-hydrogen) atoms. The summed E-state index contributed by atoms with van der Waals surface area (Å²) in [5, 5.41) is 8.47.